The molecule has 0 bridgehead atoms. The highest BCUT2D eigenvalue weighted by Crippen LogP contribution is 2.29. The third kappa shape index (κ3) is 5.77. The minimum absolute atomic E-state index is 0.0378. The number of pyridine rings is 3. The number of aryl methyl sites for hydroxylation is 2. The number of hydrogen-bond acceptors (Lipinski definition) is 7. The minimum atomic E-state index is -1.20. The van der Waals surface area contributed by atoms with Gasteiger partial charge in [-0.05, 0) is 46.3 Å². The van der Waals surface area contributed by atoms with Crippen molar-refractivity contribution in [3.8, 4) is 11.4 Å². The van der Waals surface area contributed by atoms with Gasteiger partial charge < -0.3 is 15.6 Å². The molecule has 0 saturated heterocycles. The van der Waals surface area contributed by atoms with Gasteiger partial charge in [0, 0.05) is 41.5 Å². The maximum atomic E-state index is 13.9. The van der Waals surface area contributed by atoms with Gasteiger partial charge in [-0.25, -0.2) is 18.8 Å². The summed E-state index contributed by atoms with van der Waals surface area (Å²) in [5.74, 6) is -1.30. The van der Waals surface area contributed by atoms with E-state index >= 15 is 0 Å². The number of allylic oxidation sites excluding steroid dienone is 1. The van der Waals surface area contributed by atoms with Crippen molar-refractivity contribution in [3.63, 3.8) is 0 Å². The Kier molecular flexibility index (Phi) is 7.90. The van der Waals surface area contributed by atoms with Gasteiger partial charge in [0.1, 0.15) is 28.9 Å². The predicted molar refractivity (Wildman–Crippen MR) is 134 cm³/mol. The van der Waals surface area contributed by atoms with Crippen molar-refractivity contribution in [1.82, 2.24) is 14.5 Å². The molecule has 0 spiro atoms. The van der Waals surface area contributed by atoms with Gasteiger partial charge in [-0.15, -0.1) is 0 Å². The molecule has 0 aromatic carbocycles. The molecular weight excluding hydrogens is 492 g/mol. The second-order valence-electron chi connectivity index (χ2n) is 8.67. The van der Waals surface area contributed by atoms with Crippen molar-refractivity contribution in [2.24, 2.45) is 10.7 Å². The molecule has 190 valence electrons. The Labute approximate surface area is 211 Å². The second kappa shape index (κ2) is 10.5. The number of aliphatic imine (C=N–C) groups is 1. The molecule has 0 atom stereocenters. The molecule has 0 aliphatic carbocycles. The number of nitrogens with two attached hydrogens (primary N) is 1. The summed E-state index contributed by atoms with van der Waals surface area (Å²) in [6, 6.07) is 2.24. The lowest BCUT2D eigenvalue weighted by Crippen LogP contribution is -2.27. The zero-order chi connectivity index (χ0) is 26.8. The largest absolute Gasteiger partial charge is 0.485 e. The van der Waals surface area contributed by atoms with Gasteiger partial charge in [-0.1, -0.05) is 11.6 Å². The summed E-state index contributed by atoms with van der Waals surface area (Å²) in [6.45, 7) is 8.01. The fourth-order valence-corrected chi connectivity index (χ4v) is 3.54. The van der Waals surface area contributed by atoms with Crippen LogP contribution in [0.3, 0.4) is 0 Å². The topological polar surface area (TPSA) is 116 Å². The molecule has 3 N–H and O–H groups in total. The molecule has 3 rings (SSSR count). The van der Waals surface area contributed by atoms with Crippen LogP contribution in [-0.4, -0.2) is 31.5 Å². The van der Waals surface area contributed by atoms with E-state index in [0.717, 1.165) is 6.20 Å². The van der Waals surface area contributed by atoms with Gasteiger partial charge in [0.25, 0.3) is 5.56 Å². The van der Waals surface area contributed by atoms with Crippen LogP contribution < -0.4 is 16.0 Å². The van der Waals surface area contributed by atoms with Gasteiger partial charge in [0.2, 0.25) is 0 Å². The summed E-state index contributed by atoms with van der Waals surface area (Å²) in [4.78, 5) is 25.6. The van der Waals surface area contributed by atoms with Crippen LogP contribution in [0.15, 0.2) is 46.1 Å². The first kappa shape index (κ1) is 27.0. The summed E-state index contributed by atoms with van der Waals surface area (Å²) in [6.07, 6.45) is 5.34. The summed E-state index contributed by atoms with van der Waals surface area (Å²) in [5.41, 5.74) is 6.51. The van der Waals surface area contributed by atoms with Gasteiger partial charge in [0.05, 0.1) is 17.5 Å². The van der Waals surface area contributed by atoms with E-state index < -0.39 is 22.8 Å². The highest BCUT2D eigenvalue weighted by Gasteiger charge is 2.19. The number of rotatable bonds is 7. The van der Waals surface area contributed by atoms with E-state index in [4.69, 9.17) is 22.1 Å². The fraction of sp³-hybridized carbons (Fsp3) is 0.280. The zero-order valence-electron chi connectivity index (χ0n) is 20.4. The Morgan fingerprint density at radius 2 is 1.94 bits per heavy atom. The average Bonchev–Trinajstić information content (AvgIpc) is 2.79. The summed E-state index contributed by atoms with van der Waals surface area (Å²) in [7, 11) is 0. The number of hydrogen-bond donors (Lipinski definition) is 2. The first-order chi connectivity index (χ1) is 16.8. The summed E-state index contributed by atoms with van der Waals surface area (Å²) >= 11 is 6.33. The van der Waals surface area contributed by atoms with E-state index in [0.29, 0.717) is 34.4 Å². The zero-order valence-corrected chi connectivity index (χ0v) is 21.2. The highest BCUT2D eigenvalue weighted by atomic mass is 35.5. The maximum absolute atomic E-state index is 13.9. The van der Waals surface area contributed by atoms with E-state index in [-0.39, 0.29) is 28.8 Å². The fourth-order valence-electron chi connectivity index (χ4n) is 3.34. The number of ether oxygens (including phenoxy) is 1. The lowest BCUT2D eigenvalue weighted by molar-refractivity contribution is 0.118. The van der Waals surface area contributed by atoms with E-state index in [1.165, 1.54) is 16.9 Å². The number of aromatic nitrogens is 3. The van der Waals surface area contributed by atoms with Crippen LogP contribution in [0, 0.1) is 32.4 Å². The highest BCUT2D eigenvalue weighted by molar-refractivity contribution is 6.31. The molecule has 0 saturated carbocycles. The van der Waals surface area contributed by atoms with Gasteiger partial charge in [-0.3, -0.25) is 14.3 Å². The molecule has 0 radical (unpaired) electrons. The van der Waals surface area contributed by atoms with Gasteiger partial charge in [-0.2, -0.15) is 0 Å². The van der Waals surface area contributed by atoms with Crippen molar-refractivity contribution in [2.75, 3.05) is 0 Å². The molecule has 3 heterocycles. The Morgan fingerprint density at radius 3 is 2.58 bits per heavy atom. The van der Waals surface area contributed by atoms with Crippen LogP contribution in [0.2, 0.25) is 5.02 Å². The molecule has 0 aliphatic heterocycles. The molecule has 3 aromatic heterocycles. The van der Waals surface area contributed by atoms with Crippen molar-refractivity contribution in [2.45, 2.75) is 46.8 Å². The van der Waals surface area contributed by atoms with Gasteiger partial charge >= 0.3 is 0 Å². The van der Waals surface area contributed by atoms with E-state index in [1.54, 1.807) is 46.9 Å². The van der Waals surface area contributed by atoms with E-state index in [1.807, 2.05) is 0 Å². The van der Waals surface area contributed by atoms with Crippen LogP contribution in [0.5, 0.6) is 5.75 Å². The molecule has 0 aliphatic rings. The SMILES string of the molecule is Cc1cnc(N=CC=C(N)C(C)(C)O)c(C)c1-n1c(C)cc(OCc2ncc(F)cc2F)c(Cl)c1=O. The Balaban J connectivity index is 1.99. The van der Waals surface area contributed by atoms with Crippen molar-refractivity contribution in [3.05, 3.63) is 85.8 Å². The smallest absolute Gasteiger partial charge is 0.277 e. The maximum Gasteiger partial charge on any atom is 0.277 e. The number of aliphatic hydroxyl groups is 1. The lowest BCUT2D eigenvalue weighted by atomic mass is 10.1. The summed E-state index contributed by atoms with van der Waals surface area (Å²) < 4.78 is 33.9. The normalized spacial score (nSPS) is 12.4. The monoisotopic (exact) mass is 517 g/mol. The molecule has 0 amide bonds. The molecule has 8 nitrogen and oxygen atoms in total. The standard InChI is InChI=1S/C25H26ClF2N5O3/c1-13-10-32-23(30-7-6-20(29)25(4,5)35)15(3)22(13)33-14(2)8-19(21(26)24(33)34)36-12-18-17(28)9-16(27)11-31-18/h6-11,35H,12,29H2,1-5H3. The van der Waals surface area contributed by atoms with Crippen LogP contribution in [0.1, 0.15) is 36.4 Å². The molecule has 3 aromatic rings. The molecule has 0 fully saturated rings. The average molecular weight is 518 g/mol. The molecule has 11 heteroatoms. The predicted octanol–water partition coefficient (Wildman–Crippen LogP) is 4.38. The van der Waals surface area contributed by atoms with Crippen LogP contribution in [0.25, 0.3) is 5.69 Å². The first-order valence-electron chi connectivity index (χ1n) is 10.9. The van der Waals surface area contributed by atoms with E-state index in [2.05, 4.69) is 15.0 Å². The van der Waals surface area contributed by atoms with Crippen molar-refractivity contribution in [1.29, 1.82) is 0 Å². The quantitative estimate of drug-likeness (QED) is 0.449. The third-order valence-corrected chi connectivity index (χ3v) is 5.72. The lowest BCUT2D eigenvalue weighted by Gasteiger charge is -2.18. The Morgan fingerprint density at radius 1 is 1.25 bits per heavy atom. The van der Waals surface area contributed by atoms with Crippen LogP contribution >= 0.6 is 11.6 Å². The van der Waals surface area contributed by atoms with Crippen molar-refractivity contribution < 1.29 is 18.6 Å². The minimum Gasteiger partial charge on any atom is -0.485 e. The molecule has 0 unspecified atom stereocenters. The molecular formula is C25H26ClF2N5O3. The van der Waals surface area contributed by atoms with Crippen LogP contribution in [0.4, 0.5) is 14.6 Å². The van der Waals surface area contributed by atoms with Gasteiger partial charge in [0.15, 0.2) is 11.6 Å². The van der Waals surface area contributed by atoms with Crippen molar-refractivity contribution >= 4 is 23.6 Å². The van der Waals surface area contributed by atoms with E-state index in [9.17, 15) is 18.7 Å². The number of halogens is 3. The third-order valence-electron chi connectivity index (χ3n) is 5.37. The second-order valence-corrected chi connectivity index (χ2v) is 9.05. The summed E-state index contributed by atoms with van der Waals surface area (Å²) in [5, 5.41) is 9.72. The Hall–Kier alpha value is -3.63. The Bertz CT molecular complexity index is 1430. The first-order valence-corrected chi connectivity index (χ1v) is 11.2. The number of nitrogens with zero attached hydrogens (tertiary/aromatic N) is 4. The molecule has 36 heavy (non-hydrogen) atoms. The van der Waals surface area contributed by atoms with Crippen LogP contribution in [-0.2, 0) is 6.61 Å².